The molecule has 1 aromatic heterocycles. The summed E-state index contributed by atoms with van der Waals surface area (Å²) in [5, 5.41) is 3.96. The highest BCUT2D eigenvalue weighted by Crippen LogP contribution is 2.15. The number of aromatic nitrogens is 2. The Balaban J connectivity index is 1.24. The molecule has 2 heterocycles. The van der Waals surface area contributed by atoms with Gasteiger partial charge in [-0.3, -0.25) is 19.1 Å². The number of benzene rings is 2. The second-order valence-electron chi connectivity index (χ2n) is 8.28. The Morgan fingerprint density at radius 3 is 2.59 bits per heavy atom. The third kappa shape index (κ3) is 5.47. The minimum absolute atomic E-state index is 0.0384. The van der Waals surface area contributed by atoms with Gasteiger partial charge in [0.05, 0.1) is 10.9 Å². The van der Waals surface area contributed by atoms with Gasteiger partial charge in [-0.15, -0.1) is 0 Å². The molecule has 0 spiro atoms. The van der Waals surface area contributed by atoms with Gasteiger partial charge in [-0.2, -0.15) is 0 Å². The molecule has 1 saturated heterocycles. The Morgan fingerprint density at radius 2 is 1.84 bits per heavy atom. The van der Waals surface area contributed by atoms with Crippen LogP contribution >= 0.6 is 11.6 Å². The zero-order valence-electron chi connectivity index (χ0n) is 17.9. The van der Waals surface area contributed by atoms with Crippen LogP contribution in [0.15, 0.2) is 58.1 Å². The van der Waals surface area contributed by atoms with Gasteiger partial charge in [-0.1, -0.05) is 41.9 Å². The minimum Gasteiger partial charge on any atom is -0.353 e. The maximum Gasteiger partial charge on any atom is 0.328 e. The fraction of sp³-hybridized carbons (Fsp3) is 0.375. The summed E-state index contributed by atoms with van der Waals surface area (Å²) in [6, 6.07) is 15.3. The summed E-state index contributed by atoms with van der Waals surface area (Å²) in [6.07, 6.45) is 2.53. The normalized spacial score (nSPS) is 15.2. The second kappa shape index (κ2) is 10.1. The summed E-state index contributed by atoms with van der Waals surface area (Å²) in [6.45, 7) is 3.02. The molecule has 3 aromatic rings. The monoisotopic (exact) mass is 454 g/mol. The number of halogens is 1. The SMILES string of the molecule is O=C(CCCn1c(=O)[nH]c2cc(Cl)ccc2c1=O)NC1CCN(Cc2ccccc2)CC1. The Bertz CT molecular complexity index is 1200. The summed E-state index contributed by atoms with van der Waals surface area (Å²) in [7, 11) is 0. The van der Waals surface area contributed by atoms with Crippen LogP contribution in [0.2, 0.25) is 5.02 Å². The number of nitrogens with one attached hydrogen (secondary N) is 2. The number of piperidine rings is 1. The Kier molecular flexibility index (Phi) is 7.07. The van der Waals surface area contributed by atoms with Crippen molar-refractivity contribution in [2.45, 2.75) is 44.8 Å². The lowest BCUT2D eigenvalue weighted by Crippen LogP contribution is -2.44. The zero-order valence-corrected chi connectivity index (χ0v) is 18.6. The molecule has 2 N–H and O–H groups in total. The van der Waals surface area contributed by atoms with Gasteiger partial charge in [0.15, 0.2) is 0 Å². The number of hydrogen-bond acceptors (Lipinski definition) is 4. The average Bonchev–Trinajstić information content (AvgIpc) is 2.78. The van der Waals surface area contributed by atoms with E-state index in [0.717, 1.165) is 37.0 Å². The third-order valence-corrected chi connectivity index (χ3v) is 6.17. The largest absolute Gasteiger partial charge is 0.353 e. The molecule has 1 aliphatic rings. The molecular weight excluding hydrogens is 428 g/mol. The first-order chi connectivity index (χ1) is 15.5. The maximum atomic E-state index is 12.6. The number of nitrogens with zero attached hydrogens (tertiary/aromatic N) is 2. The topological polar surface area (TPSA) is 87.2 Å². The number of amides is 1. The maximum absolute atomic E-state index is 12.6. The van der Waals surface area contributed by atoms with Gasteiger partial charge < -0.3 is 10.3 Å². The molecular formula is C24H27ClN4O3. The van der Waals surface area contributed by atoms with Crippen molar-refractivity contribution in [1.82, 2.24) is 19.8 Å². The predicted molar refractivity (Wildman–Crippen MR) is 126 cm³/mol. The number of likely N-dealkylation sites (tertiary alicyclic amines) is 1. The molecule has 8 heteroatoms. The van der Waals surface area contributed by atoms with Crippen LogP contribution in [0, 0.1) is 0 Å². The van der Waals surface area contributed by atoms with Crippen molar-refractivity contribution in [2.24, 2.45) is 0 Å². The standard InChI is InChI=1S/C24H27ClN4O3/c25-18-8-9-20-21(15-18)27-24(32)29(23(20)31)12-4-7-22(30)26-19-10-13-28(14-11-19)16-17-5-2-1-3-6-17/h1-3,5-6,8-9,15,19H,4,7,10-14,16H2,(H,26,30)(H,27,32). The third-order valence-electron chi connectivity index (χ3n) is 5.93. The highest BCUT2D eigenvalue weighted by Gasteiger charge is 2.20. The van der Waals surface area contributed by atoms with Crippen LogP contribution in [0.1, 0.15) is 31.2 Å². The molecule has 7 nitrogen and oxygen atoms in total. The smallest absolute Gasteiger partial charge is 0.328 e. The quantitative estimate of drug-likeness (QED) is 0.574. The van der Waals surface area contributed by atoms with E-state index in [1.165, 1.54) is 5.56 Å². The first kappa shape index (κ1) is 22.3. The van der Waals surface area contributed by atoms with Gasteiger partial charge in [-0.05, 0) is 43.0 Å². The summed E-state index contributed by atoms with van der Waals surface area (Å²) in [4.78, 5) is 42.4. The Hall–Kier alpha value is -2.90. The van der Waals surface area contributed by atoms with Crippen molar-refractivity contribution in [1.29, 1.82) is 0 Å². The van der Waals surface area contributed by atoms with Crippen LogP contribution in [0.25, 0.3) is 10.9 Å². The number of aromatic amines is 1. The molecule has 4 rings (SSSR count). The van der Waals surface area contributed by atoms with Crippen LogP contribution in [-0.2, 0) is 17.9 Å². The Labute approximate surface area is 191 Å². The molecule has 1 aliphatic heterocycles. The summed E-state index contributed by atoms with van der Waals surface area (Å²) >= 11 is 5.93. The molecule has 0 radical (unpaired) electrons. The van der Waals surface area contributed by atoms with E-state index in [1.54, 1.807) is 18.2 Å². The van der Waals surface area contributed by atoms with E-state index in [1.807, 2.05) is 6.07 Å². The number of carbonyl (C=O) groups is 1. The Morgan fingerprint density at radius 1 is 1.09 bits per heavy atom. The second-order valence-corrected chi connectivity index (χ2v) is 8.72. The predicted octanol–water partition coefficient (Wildman–Crippen LogP) is 2.90. The lowest BCUT2D eigenvalue weighted by atomic mass is 10.0. The molecule has 168 valence electrons. The molecule has 0 unspecified atom stereocenters. The van der Waals surface area contributed by atoms with Gasteiger partial charge >= 0.3 is 5.69 Å². The highest BCUT2D eigenvalue weighted by molar-refractivity contribution is 6.31. The lowest BCUT2D eigenvalue weighted by Gasteiger charge is -2.32. The average molecular weight is 455 g/mol. The van der Waals surface area contributed by atoms with E-state index in [0.29, 0.717) is 22.3 Å². The van der Waals surface area contributed by atoms with E-state index in [4.69, 9.17) is 11.6 Å². The van der Waals surface area contributed by atoms with Gasteiger partial charge in [0.1, 0.15) is 0 Å². The molecule has 1 fully saturated rings. The van der Waals surface area contributed by atoms with Gasteiger partial charge in [0.2, 0.25) is 5.91 Å². The summed E-state index contributed by atoms with van der Waals surface area (Å²) in [5.41, 5.74) is 0.861. The molecule has 0 saturated carbocycles. The van der Waals surface area contributed by atoms with Crippen LogP contribution < -0.4 is 16.6 Å². The fourth-order valence-corrected chi connectivity index (χ4v) is 4.38. The van der Waals surface area contributed by atoms with Crippen LogP contribution in [-0.4, -0.2) is 39.5 Å². The van der Waals surface area contributed by atoms with Crippen LogP contribution in [0.5, 0.6) is 0 Å². The molecule has 0 aliphatic carbocycles. The molecule has 32 heavy (non-hydrogen) atoms. The number of fused-ring (bicyclic) bond motifs is 1. The molecule has 0 atom stereocenters. The van der Waals surface area contributed by atoms with Crippen molar-refractivity contribution >= 4 is 28.4 Å². The van der Waals surface area contributed by atoms with Crippen molar-refractivity contribution in [3.8, 4) is 0 Å². The highest BCUT2D eigenvalue weighted by atomic mass is 35.5. The van der Waals surface area contributed by atoms with Gasteiger partial charge in [-0.25, -0.2) is 4.79 Å². The van der Waals surface area contributed by atoms with E-state index in [-0.39, 0.29) is 30.5 Å². The molecule has 2 aromatic carbocycles. The fourth-order valence-electron chi connectivity index (χ4n) is 4.20. The van der Waals surface area contributed by atoms with Crippen molar-refractivity contribution in [3.63, 3.8) is 0 Å². The number of rotatable bonds is 7. The van der Waals surface area contributed by atoms with Crippen LogP contribution in [0.4, 0.5) is 0 Å². The number of H-pyrrole nitrogens is 1. The lowest BCUT2D eigenvalue weighted by molar-refractivity contribution is -0.122. The van der Waals surface area contributed by atoms with Gasteiger partial charge in [0.25, 0.3) is 5.56 Å². The minimum atomic E-state index is -0.490. The van der Waals surface area contributed by atoms with E-state index in [2.05, 4.69) is 39.5 Å². The van der Waals surface area contributed by atoms with E-state index in [9.17, 15) is 14.4 Å². The van der Waals surface area contributed by atoms with Crippen molar-refractivity contribution < 1.29 is 4.79 Å². The molecule has 1 amide bonds. The summed E-state index contributed by atoms with van der Waals surface area (Å²) < 4.78 is 1.14. The van der Waals surface area contributed by atoms with Gasteiger partial charge in [0, 0.05) is 43.7 Å². The van der Waals surface area contributed by atoms with E-state index >= 15 is 0 Å². The zero-order chi connectivity index (χ0) is 22.5. The van der Waals surface area contributed by atoms with Crippen molar-refractivity contribution in [2.75, 3.05) is 13.1 Å². The summed E-state index contributed by atoms with van der Waals surface area (Å²) in [5.74, 6) is -0.0384. The van der Waals surface area contributed by atoms with Crippen molar-refractivity contribution in [3.05, 3.63) is 80.0 Å². The number of hydrogen-bond donors (Lipinski definition) is 2. The first-order valence-corrected chi connectivity index (χ1v) is 11.4. The number of carbonyl (C=O) groups excluding carboxylic acids is 1. The van der Waals surface area contributed by atoms with E-state index < -0.39 is 5.69 Å². The van der Waals surface area contributed by atoms with Crippen LogP contribution in [0.3, 0.4) is 0 Å². The molecule has 0 bridgehead atoms. The first-order valence-electron chi connectivity index (χ1n) is 11.0.